The van der Waals surface area contributed by atoms with Crippen molar-refractivity contribution in [2.45, 2.75) is 96.8 Å². The number of hydrogen-bond donors (Lipinski definition) is 0. The summed E-state index contributed by atoms with van der Waals surface area (Å²) in [6, 6.07) is 0. The van der Waals surface area contributed by atoms with E-state index in [0.29, 0.717) is 0 Å². The SMILES string of the molecule is CCCCCCCCCCCC=CCCCCC(=O)C1C(=O)COC1=O. The maximum absolute atomic E-state index is 11.9. The van der Waals surface area contributed by atoms with Crippen molar-refractivity contribution in [3.63, 3.8) is 0 Å². The molecule has 0 aromatic heterocycles. The quantitative estimate of drug-likeness (QED) is 0.161. The molecular weight excluding hydrogens is 328 g/mol. The summed E-state index contributed by atoms with van der Waals surface area (Å²) in [5.74, 6) is -2.48. The normalized spacial score (nSPS) is 17.2. The van der Waals surface area contributed by atoms with Crippen molar-refractivity contribution in [2.24, 2.45) is 5.92 Å². The first kappa shape index (κ1) is 22.6. The molecule has 1 fully saturated rings. The van der Waals surface area contributed by atoms with Crippen LogP contribution in [-0.4, -0.2) is 24.1 Å². The van der Waals surface area contributed by atoms with Gasteiger partial charge in [-0.1, -0.05) is 70.4 Å². The molecule has 0 bridgehead atoms. The highest BCUT2D eigenvalue weighted by Crippen LogP contribution is 2.16. The van der Waals surface area contributed by atoms with Crippen LogP contribution < -0.4 is 0 Å². The van der Waals surface area contributed by atoms with Gasteiger partial charge in [-0.05, 0) is 32.1 Å². The lowest BCUT2D eigenvalue weighted by Gasteiger charge is -2.02. The van der Waals surface area contributed by atoms with Gasteiger partial charge in [0.15, 0.2) is 24.1 Å². The summed E-state index contributed by atoms with van der Waals surface area (Å²) >= 11 is 0. The molecule has 148 valence electrons. The average Bonchev–Trinajstić information content (AvgIpc) is 2.96. The minimum atomic E-state index is -1.14. The molecule has 4 nitrogen and oxygen atoms in total. The minimum Gasteiger partial charge on any atom is -0.457 e. The first-order valence-corrected chi connectivity index (χ1v) is 10.5. The van der Waals surface area contributed by atoms with Gasteiger partial charge in [-0.3, -0.25) is 14.4 Å². The average molecular weight is 365 g/mol. The molecule has 1 aliphatic heterocycles. The first-order valence-electron chi connectivity index (χ1n) is 10.5. The lowest BCUT2D eigenvalue weighted by Crippen LogP contribution is -2.25. The van der Waals surface area contributed by atoms with Crippen molar-refractivity contribution in [1.82, 2.24) is 0 Å². The molecular formula is C22H36O4. The summed E-state index contributed by atoms with van der Waals surface area (Å²) in [6.07, 6.45) is 20.6. The van der Waals surface area contributed by atoms with Crippen molar-refractivity contribution in [2.75, 3.05) is 6.61 Å². The highest BCUT2D eigenvalue weighted by atomic mass is 16.5. The zero-order valence-corrected chi connectivity index (χ0v) is 16.5. The monoisotopic (exact) mass is 364 g/mol. The van der Waals surface area contributed by atoms with E-state index in [1.54, 1.807) is 0 Å². The van der Waals surface area contributed by atoms with Crippen molar-refractivity contribution in [3.8, 4) is 0 Å². The number of rotatable bonds is 16. The zero-order valence-electron chi connectivity index (χ0n) is 16.5. The molecule has 1 saturated heterocycles. The van der Waals surface area contributed by atoms with Gasteiger partial charge in [-0.2, -0.15) is 0 Å². The summed E-state index contributed by atoms with van der Waals surface area (Å²) in [5, 5.41) is 0. The third kappa shape index (κ3) is 9.88. The second kappa shape index (κ2) is 14.7. The van der Waals surface area contributed by atoms with Crippen LogP contribution >= 0.6 is 0 Å². The number of Topliss-reactive ketones (excluding diaryl/α,β-unsaturated/α-hetero) is 2. The predicted octanol–water partition coefficient (Wildman–Crippen LogP) is 5.34. The summed E-state index contributed by atoms with van der Waals surface area (Å²) in [6.45, 7) is 2.01. The van der Waals surface area contributed by atoms with Crippen LogP contribution in [-0.2, 0) is 19.1 Å². The summed E-state index contributed by atoms with van der Waals surface area (Å²) < 4.78 is 4.61. The molecule has 26 heavy (non-hydrogen) atoms. The molecule has 0 radical (unpaired) electrons. The number of allylic oxidation sites excluding steroid dienone is 2. The van der Waals surface area contributed by atoms with Crippen LogP contribution in [0.5, 0.6) is 0 Å². The Morgan fingerprint density at radius 1 is 0.885 bits per heavy atom. The predicted molar refractivity (Wildman–Crippen MR) is 104 cm³/mol. The number of ether oxygens (including phenoxy) is 1. The number of carbonyl (C=O) groups is 3. The molecule has 0 spiro atoms. The molecule has 0 amide bonds. The second-order valence-corrected chi connectivity index (χ2v) is 7.31. The van der Waals surface area contributed by atoms with E-state index in [-0.39, 0.29) is 24.6 Å². The molecule has 0 aliphatic carbocycles. The van der Waals surface area contributed by atoms with Crippen molar-refractivity contribution in [1.29, 1.82) is 0 Å². The van der Waals surface area contributed by atoms with Crippen LogP contribution in [0, 0.1) is 5.92 Å². The summed E-state index contributed by atoms with van der Waals surface area (Å²) in [5.41, 5.74) is 0. The van der Waals surface area contributed by atoms with Gasteiger partial charge >= 0.3 is 5.97 Å². The lowest BCUT2D eigenvalue weighted by atomic mass is 9.97. The van der Waals surface area contributed by atoms with E-state index in [0.717, 1.165) is 25.7 Å². The first-order chi connectivity index (χ1) is 12.7. The maximum Gasteiger partial charge on any atom is 0.324 e. The zero-order chi connectivity index (χ0) is 19.0. The van der Waals surface area contributed by atoms with E-state index in [9.17, 15) is 14.4 Å². The molecule has 1 heterocycles. The number of carbonyl (C=O) groups excluding carboxylic acids is 3. The van der Waals surface area contributed by atoms with Crippen LogP contribution in [0.1, 0.15) is 96.8 Å². The Morgan fingerprint density at radius 2 is 1.42 bits per heavy atom. The number of unbranched alkanes of at least 4 members (excludes halogenated alkanes) is 11. The van der Waals surface area contributed by atoms with E-state index < -0.39 is 11.9 Å². The molecule has 4 heteroatoms. The lowest BCUT2D eigenvalue weighted by molar-refractivity contribution is -0.144. The molecule has 0 aromatic rings. The molecule has 0 N–H and O–H groups in total. The van der Waals surface area contributed by atoms with Gasteiger partial charge in [0.2, 0.25) is 0 Å². The Balaban J connectivity index is 1.88. The largest absolute Gasteiger partial charge is 0.457 e. The highest BCUT2D eigenvalue weighted by Gasteiger charge is 2.40. The fourth-order valence-electron chi connectivity index (χ4n) is 3.27. The van der Waals surface area contributed by atoms with E-state index in [1.165, 1.54) is 57.8 Å². The number of hydrogen-bond acceptors (Lipinski definition) is 4. The van der Waals surface area contributed by atoms with Crippen molar-refractivity contribution in [3.05, 3.63) is 12.2 Å². The maximum atomic E-state index is 11.9. The Morgan fingerprint density at radius 3 is 1.96 bits per heavy atom. The second-order valence-electron chi connectivity index (χ2n) is 7.31. The van der Waals surface area contributed by atoms with Crippen LogP contribution in [0.3, 0.4) is 0 Å². The van der Waals surface area contributed by atoms with E-state index >= 15 is 0 Å². The number of ketones is 2. The molecule has 1 unspecified atom stereocenters. The van der Waals surface area contributed by atoms with Gasteiger partial charge in [-0.15, -0.1) is 0 Å². The molecule has 1 rings (SSSR count). The molecule has 0 aromatic carbocycles. The van der Waals surface area contributed by atoms with Gasteiger partial charge in [0.25, 0.3) is 0 Å². The fourth-order valence-corrected chi connectivity index (χ4v) is 3.27. The van der Waals surface area contributed by atoms with E-state index in [2.05, 4.69) is 23.8 Å². The molecule has 1 aliphatic rings. The van der Waals surface area contributed by atoms with Gasteiger partial charge in [0, 0.05) is 6.42 Å². The van der Waals surface area contributed by atoms with Gasteiger partial charge in [-0.25, -0.2) is 0 Å². The van der Waals surface area contributed by atoms with Crippen LogP contribution in [0.25, 0.3) is 0 Å². The number of cyclic esters (lactones) is 1. The van der Waals surface area contributed by atoms with Crippen molar-refractivity contribution < 1.29 is 19.1 Å². The van der Waals surface area contributed by atoms with E-state index in [4.69, 9.17) is 0 Å². The summed E-state index contributed by atoms with van der Waals surface area (Å²) in [7, 11) is 0. The molecule has 1 atom stereocenters. The highest BCUT2D eigenvalue weighted by molar-refractivity contribution is 6.20. The fraction of sp³-hybridized carbons (Fsp3) is 0.773. The summed E-state index contributed by atoms with van der Waals surface area (Å²) in [4.78, 5) is 34.6. The van der Waals surface area contributed by atoms with Gasteiger partial charge in [0.05, 0.1) is 0 Å². The smallest absolute Gasteiger partial charge is 0.324 e. The minimum absolute atomic E-state index is 0.239. The molecule has 0 saturated carbocycles. The third-order valence-corrected chi connectivity index (χ3v) is 4.92. The standard InChI is InChI=1S/C22H36O4/c1-2-3-4-5-6-7-8-9-10-11-12-13-14-15-16-17-19(23)21-20(24)18-26-22(21)25/h12-13,21H,2-11,14-18H2,1H3. The van der Waals surface area contributed by atoms with Crippen LogP contribution in [0.15, 0.2) is 12.2 Å². The Hall–Kier alpha value is -1.45. The van der Waals surface area contributed by atoms with Crippen molar-refractivity contribution >= 4 is 17.5 Å². The van der Waals surface area contributed by atoms with Crippen LogP contribution in [0.2, 0.25) is 0 Å². The third-order valence-electron chi connectivity index (χ3n) is 4.92. The van der Waals surface area contributed by atoms with Gasteiger partial charge in [0.1, 0.15) is 0 Å². The Bertz CT molecular complexity index is 437. The van der Waals surface area contributed by atoms with Crippen LogP contribution in [0.4, 0.5) is 0 Å². The van der Waals surface area contributed by atoms with Gasteiger partial charge < -0.3 is 4.74 Å². The Labute approximate surface area is 158 Å². The number of esters is 1. The van der Waals surface area contributed by atoms with E-state index in [1.807, 2.05) is 0 Å². The Kier molecular flexibility index (Phi) is 12.8. The topological polar surface area (TPSA) is 60.4 Å².